The van der Waals surface area contributed by atoms with Crippen LogP contribution in [0.2, 0.25) is 0 Å². The molecule has 1 fully saturated rings. The topological polar surface area (TPSA) is 95.8 Å². The smallest absolute Gasteiger partial charge is 0.417 e. The Kier molecular flexibility index (Phi) is 7.27. The number of rotatable bonds is 2. The SMILES string of the molecule is O=c1[nH]c2ccc(S(=O)(=O)N3CCCCN4CCCCC4CCc4cccc(c4)OCC3)cc2o1. The molecule has 0 radical (unpaired) electrons. The number of benzene rings is 2. The average molecular weight is 500 g/mol. The minimum absolute atomic E-state index is 0.115. The van der Waals surface area contributed by atoms with E-state index in [2.05, 4.69) is 22.0 Å². The predicted octanol–water partition coefficient (Wildman–Crippen LogP) is 3.77. The molecule has 35 heavy (non-hydrogen) atoms. The molecular formula is C26H33N3O5S. The number of aryl methyl sites for hydroxylation is 1. The highest BCUT2D eigenvalue weighted by Gasteiger charge is 2.26. The summed E-state index contributed by atoms with van der Waals surface area (Å²) in [5.74, 6) is 0.168. The molecule has 5 rings (SSSR count). The van der Waals surface area contributed by atoms with Gasteiger partial charge in [0.05, 0.1) is 10.4 Å². The van der Waals surface area contributed by atoms with E-state index in [1.54, 1.807) is 6.07 Å². The third-order valence-corrected chi connectivity index (χ3v) is 9.05. The van der Waals surface area contributed by atoms with Gasteiger partial charge in [0.15, 0.2) is 5.58 Å². The number of fused-ring (bicyclic) bond motifs is 4. The van der Waals surface area contributed by atoms with Gasteiger partial charge in [0.2, 0.25) is 10.0 Å². The first-order valence-corrected chi connectivity index (χ1v) is 14.0. The van der Waals surface area contributed by atoms with Crippen LogP contribution in [0.1, 0.15) is 44.1 Å². The molecule has 0 spiro atoms. The zero-order valence-corrected chi connectivity index (χ0v) is 20.8. The van der Waals surface area contributed by atoms with E-state index in [0.717, 1.165) is 44.5 Å². The monoisotopic (exact) mass is 499 g/mol. The first kappa shape index (κ1) is 24.1. The van der Waals surface area contributed by atoms with Crippen LogP contribution in [0.15, 0.2) is 56.6 Å². The molecular weight excluding hydrogens is 466 g/mol. The van der Waals surface area contributed by atoms with E-state index in [1.165, 1.54) is 41.3 Å². The third kappa shape index (κ3) is 5.63. The first-order chi connectivity index (χ1) is 17.0. The number of sulfonamides is 1. The van der Waals surface area contributed by atoms with Gasteiger partial charge in [0.1, 0.15) is 12.4 Å². The summed E-state index contributed by atoms with van der Waals surface area (Å²) in [6, 6.07) is 13.2. The number of nitrogens with zero attached hydrogens (tertiary/aromatic N) is 2. The van der Waals surface area contributed by atoms with Crippen LogP contribution in [0.4, 0.5) is 0 Å². The summed E-state index contributed by atoms with van der Waals surface area (Å²) in [6.45, 7) is 3.04. The van der Waals surface area contributed by atoms with E-state index in [4.69, 9.17) is 9.15 Å². The molecule has 1 atom stereocenters. The van der Waals surface area contributed by atoms with Crippen molar-refractivity contribution in [3.8, 4) is 5.75 Å². The van der Waals surface area contributed by atoms with Gasteiger partial charge in [0, 0.05) is 25.2 Å². The molecule has 2 aliphatic heterocycles. The molecule has 0 amide bonds. The van der Waals surface area contributed by atoms with Gasteiger partial charge in [0.25, 0.3) is 0 Å². The van der Waals surface area contributed by atoms with Crippen LogP contribution in [0, 0.1) is 0 Å². The molecule has 3 aromatic rings. The molecule has 2 aromatic carbocycles. The van der Waals surface area contributed by atoms with Gasteiger partial charge in [-0.3, -0.25) is 4.98 Å². The molecule has 1 aromatic heterocycles. The fourth-order valence-electron chi connectivity index (χ4n) is 5.26. The molecule has 188 valence electrons. The van der Waals surface area contributed by atoms with Gasteiger partial charge in [-0.05, 0) is 81.4 Å². The highest BCUT2D eigenvalue weighted by molar-refractivity contribution is 7.89. The van der Waals surface area contributed by atoms with Gasteiger partial charge in [-0.25, -0.2) is 13.2 Å². The highest BCUT2D eigenvalue weighted by Crippen LogP contribution is 2.25. The molecule has 3 heterocycles. The fourth-order valence-corrected chi connectivity index (χ4v) is 6.74. The molecule has 1 N–H and O–H groups in total. The number of hydrogen-bond acceptors (Lipinski definition) is 6. The van der Waals surface area contributed by atoms with E-state index in [1.807, 2.05) is 12.1 Å². The summed E-state index contributed by atoms with van der Waals surface area (Å²) < 4.78 is 39.7. The molecule has 2 aliphatic rings. The Bertz CT molecular complexity index is 1320. The standard InChI is InChI=1S/C26H33N3O5S/c30-26-27-24-12-11-23(19-25(24)34-26)35(31,32)29-15-4-3-14-28-13-2-1-7-21(28)10-9-20-6-5-8-22(18-20)33-17-16-29/h5-6,8,11-12,18-19,21H,1-4,7,9-10,13-17H2,(H,27,30). The highest BCUT2D eigenvalue weighted by atomic mass is 32.2. The average Bonchev–Trinajstić information content (AvgIpc) is 3.23. The summed E-state index contributed by atoms with van der Waals surface area (Å²) >= 11 is 0. The molecule has 0 saturated carbocycles. The molecule has 1 saturated heterocycles. The maximum atomic E-state index is 13.6. The van der Waals surface area contributed by atoms with Gasteiger partial charge in [-0.2, -0.15) is 4.31 Å². The van der Waals surface area contributed by atoms with Crippen molar-refractivity contribution in [1.29, 1.82) is 0 Å². The summed E-state index contributed by atoms with van der Waals surface area (Å²) in [4.78, 5) is 16.8. The van der Waals surface area contributed by atoms with Crippen molar-refractivity contribution < 1.29 is 17.6 Å². The zero-order chi connectivity index (χ0) is 24.3. The van der Waals surface area contributed by atoms with Gasteiger partial charge in [-0.1, -0.05) is 18.6 Å². The zero-order valence-electron chi connectivity index (χ0n) is 19.9. The second kappa shape index (κ2) is 10.6. The molecule has 0 aliphatic carbocycles. The maximum absolute atomic E-state index is 13.6. The number of piperidine rings is 1. The molecule has 8 nitrogen and oxygen atoms in total. The van der Waals surface area contributed by atoms with Crippen molar-refractivity contribution >= 4 is 21.1 Å². The number of H-pyrrole nitrogens is 1. The Labute approximate surface area is 205 Å². The van der Waals surface area contributed by atoms with Crippen molar-refractivity contribution in [3.63, 3.8) is 0 Å². The second-order valence-electron chi connectivity index (χ2n) is 9.50. The van der Waals surface area contributed by atoms with Crippen LogP contribution < -0.4 is 10.5 Å². The van der Waals surface area contributed by atoms with E-state index < -0.39 is 15.8 Å². The summed E-state index contributed by atoms with van der Waals surface area (Å²) in [5.41, 5.74) is 1.97. The second-order valence-corrected chi connectivity index (χ2v) is 11.4. The number of ether oxygens (including phenoxy) is 1. The molecule has 1 unspecified atom stereocenters. The Balaban J connectivity index is 1.38. The number of nitrogens with one attached hydrogen (secondary N) is 1. The summed E-state index contributed by atoms with van der Waals surface area (Å²) in [7, 11) is -3.79. The van der Waals surface area contributed by atoms with Crippen molar-refractivity contribution in [2.45, 2.75) is 55.9 Å². The fraction of sp³-hybridized carbons (Fsp3) is 0.500. The number of oxazole rings is 1. The summed E-state index contributed by atoms with van der Waals surface area (Å²) in [6.07, 6.45) is 7.63. The number of hydrogen-bond donors (Lipinski definition) is 1. The normalized spacial score (nSPS) is 21.5. The lowest BCUT2D eigenvalue weighted by Crippen LogP contribution is -2.40. The largest absolute Gasteiger partial charge is 0.492 e. The van der Waals surface area contributed by atoms with Crippen molar-refractivity contribution in [1.82, 2.24) is 14.2 Å². The summed E-state index contributed by atoms with van der Waals surface area (Å²) in [5, 5.41) is 0. The Morgan fingerprint density at radius 3 is 2.63 bits per heavy atom. The van der Waals surface area contributed by atoms with Crippen LogP contribution in [0.5, 0.6) is 5.75 Å². The van der Waals surface area contributed by atoms with E-state index in [-0.39, 0.29) is 23.6 Å². The first-order valence-electron chi connectivity index (χ1n) is 12.6. The van der Waals surface area contributed by atoms with Gasteiger partial charge >= 0.3 is 5.76 Å². The van der Waals surface area contributed by atoms with Crippen LogP contribution in [-0.4, -0.2) is 61.4 Å². The molecule has 9 heteroatoms. The van der Waals surface area contributed by atoms with E-state index >= 15 is 0 Å². The van der Waals surface area contributed by atoms with Gasteiger partial charge < -0.3 is 14.1 Å². The van der Waals surface area contributed by atoms with Crippen LogP contribution in [-0.2, 0) is 16.4 Å². The van der Waals surface area contributed by atoms with E-state index in [9.17, 15) is 13.2 Å². The van der Waals surface area contributed by atoms with Crippen molar-refractivity contribution in [2.24, 2.45) is 0 Å². The van der Waals surface area contributed by atoms with Gasteiger partial charge in [-0.15, -0.1) is 0 Å². The third-order valence-electron chi connectivity index (χ3n) is 7.16. The van der Waals surface area contributed by atoms with Crippen LogP contribution in [0.25, 0.3) is 11.1 Å². The predicted molar refractivity (Wildman–Crippen MR) is 134 cm³/mol. The quantitative estimate of drug-likeness (QED) is 0.577. The minimum Gasteiger partial charge on any atom is -0.492 e. The van der Waals surface area contributed by atoms with Crippen LogP contribution in [0.3, 0.4) is 0 Å². The van der Waals surface area contributed by atoms with E-state index in [0.29, 0.717) is 18.1 Å². The Morgan fingerprint density at radius 1 is 0.914 bits per heavy atom. The van der Waals surface area contributed by atoms with Crippen LogP contribution >= 0.6 is 0 Å². The van der Waals surface area contributed by atoms with Crippen molar-refractivity contribution in [3.05, 3.63) is 58.6 Å². The Hall–Kier alpha value is -2.62. The van der Waals surface area contributed by atoms with Crippen molar-refractivity contribution in [2.75, 3.05) is 32.8 Å². The minimum atomic E-state index is -3.79. The lowest BCUT2D eigenvalue weighted by Gasteiger charge is -2.36. The maximum Gasteiger partial charge on any atom is 0.417 e. The number of aromatic nitrogens is 1. The lowest BCUT2D eigenvalue weighted by molar-refractivity contribution is 0.137. The molecule has 2 bridgehead atoms. The lowest BCUT2D eigenvalue weighted by atomic mass is 9.95. The number of aromatic amines is 1. The Morgan fingerprint density at radius 2 is 1.74 bits per heavy atom.